The van der Waals surface area contributed by atoms with Crippen LogP contribution in [0.5, 0.6) is 0 Å². The molecule has 1 fully saturated rings. The van der Waals surface area contributed by atoms with Crippen LogP contribution in [0.2, 0.25) is 0 Å². The molecule has 0 bridgehead atoms. The molecule has 4 rings (SSSR count). The van der Waals surface area contributed by atoms with E-state index in [1.54, 1.807) is 0 Å². The molecule has 0 radical (unpaired) electrons. The van der Waals surface area contributed by atoms with Crippen LogP contribution < -0.4 is 5.32 Å². The number of carbonyl (C=O) groups is 1. The Balaban J connectivity index is 1.16. The zero-order chi connectivity index (χ0) is 18.5. The van der Waals surface area contributed by atoms with Gasteiger partial charge in [-0.15, -0.1) is 0 Å². The molecule has 1 aromatic carbocycles. The number of nitrogens with zero attached hydrogens (tertiary/aromatic N) is 2. The fourth-order valence-corrected chi connectivity index (χ4v) is 4.46. The van der Waals surface area contributed by atoms with E-state index in [0.717, 1.165) is 51.1 Å². The van der Waals surface area contributed by atoms with Crippen LogP contribution in [0.4, 0.5) is 0 Å². The van der Waals surface area contributed by atoms with Gasteiger partial charge in [0.25, 0.3) is 0 Å². The molecule has 1 saturated heterocycles. The highest BCUT2D eigenvalue weighted by Crippen LogP contribution is 2.26. The average molecular weight is 367 g/mol. The van der Waals surface area contributed by atoms with Gasteiger partial charge >= 0.3 is 0 Å². The number of aromatic nitrogens is 2. The van der Waals surface area contributed by atoms with E-state index >= 15 is 0 Å². The Kier molecular flexibility index (Phi) is 5.87. The fraction of sp³-hybridized carbons (Fsp3) is 0.545. The van der Waals surface area contributed by atoms with Gasteiger partial charge in [-0.3, -0.25) is 9.89 Å². The highest BCUT2D eigenvalue weighted by Gasteiger charge is 2.23. The van der Waals surface area contributed by atoms with Gasteiger partial charge in [-0.05, 0) is 55.7 Å². The summed E-state index contributed by atoms with van der Waals surface area (Å²) >= 11 is 0. The lowest BCUT2D eigenvalue weighted by Crippen LogP contribution is -2.33. The monoisotopic (exact) mass is 366 g/mol. The van der Waals surface area contributed by atoms with E-state index in [9.17, 15) is 4.79 Å². The number of aryl methyl sites for hydroxylation is 2. The number of rotatable bonds is 7. The summed E-state index contributed by atoms with van der Waals surface area (Å²) in [6.07, 6.45) is 7.20. The first-order valence-corrected chi connectivity index (χ1v) is 10.4. The van der Waals surface area contributed by atoms with E-state index in [0.29, 0.717) is 12.3 Å². The molecule has 2 aliphatic rings. The van der Waals surface area contributed by atoms with E-state index in [1.807, 2.05) is 0 Å². The minimum absolute atomic E-state index is 0.140. The van der Waals surface area contributed by atoms with Crippen molar-refractivity contribution in [3.8, 4) is 0 Å². The maximum absolute atomic E-state index is 12.2. The summed E-state index contributed by atoms with van der Waals surface area (Å²) in [4.78, 5) is 14.7. The van der Waals surface area contributed by atoms with Crippen LogP contribution in [0.15, 0.2) is 30.3 Å². The van der Waals surface area contributed by atoms with Crippen molar-refractivity contribution < 1.29 is 4.79 Å². The zero-order valence-electron chi connectivity index (χ0n) is 16.0. The quantitative estimate of drug-likeness (QED) is 0.792. The number of hydrogen-bond donors (Lipinski definition) is 2. The Morgan fingerprint density at radius 2 is 2.07 bits per heavy atom. The summed E-state index contributed by atoms with van der Waals surface area (Å²) in [5.74, 6) is 0.772. The summed E-state index contributed by atoms with van der Waals surface area (Å²) in [5, 5.41) is 10.7. The number of carbonyl (C=O) groups excluding carboxylic acids is 1. The van der Waals surface area contributed by atoms with Crippen LogP contribution in [0.1, 0.15) is 54.1 Å². The van der Waals surface area contributed by atoms with Crippen LogP contribution in [0, 0.1) is 0 Å². The van der Waals surface area contributed by atoms with Crippen molar-refractivity contribution in [1.29, 1.82) is 0 Å². The van der Waals surface area contributed by atoms with Crippen LogP contribution in [-0.4, -0.2) is 47.2 Å². The van der Waals surface area contributed by atoms with Crippen LogP contribution in [-0.2, 0) is 24.1 Å². The zero-order valence-corrected chi connectivity index (χ0v) is 16.0. The standard InChI is InChI=1S/C22H30N4O/c27-22(11-10-21-19-8-4-5-9-20(19)24-25-21)23-13-15-26-14-12-18(16-26)17-6-2-1-3-7-17/h1-3,6-7,18H,4-5,8-16H2,(H,23,27)(H,24,25)/t18-/m0/s1. The van der Waals surface area contributed by atoms with Gasteiger partial charge < -0.3 is 10.2 Å². The lowest BCUT2D eigenvalue weighted by atomic mass is 9.95. The lowest BCUT2D eigenvalue weighted by molar-refractivity contribution is -0.121. The number of H-pyrrole nitrogens is 1. The molecule has 0 saturated carbocycles. The predicted molar refractivity (Wildman–Crippen MR) is 107 cm³/mol. The van der Waals surface area contributed by atoms with Crippen molar-refractivity contribution in [1.82, 2.24) is 20.4 Å². The van der Waals surface area contributed by atoms with E-state index in [-0.39, 0.29) is 5.91 Å². The second-order valence-corrected chi connectivity index (χ2v) is 7.88. The third-order valence-electron chi connectivity index (χ3n) is 6.02. The number of fused-ring (bicyclic) bond motifs is 1. The molecule has 1 aliphatic carbocycles. The number of amides is 1. The van der Waals surface area contributed by atoms with Crippen LogP contribution in [0.25, 0.3) is 0 Å². The summed E-state index contributed by atoms with van der Waals surface area (Å²) in [6, 6.07) is 10.8. The first-order chi connectivity index (χ1) is 13.3. The minimum Gasteiger partial charge on any atom is -0.355 e. The molecular formula is C22H30N4O. The third-order valence-corrected chi connectivity index (χ3v) is 6.02. The van der Waals surface area contributed by atoms with E-state index in [1.165, 1.54) is 36.1 Å². The Morgan fingerprint density at radius 1 is 1.22 bits per heavy atom. The first kappa shape index (κ1) is 18.2. The molecule has 2 aromatic rings. The first-order valence-electron chi connectivity index (χ1n) is 10.4. The molecule has 144 valence electrons. The van der Waals surface area contributed by atoms with Gasteiger partial charge in [0.1, 0.15) is 0 Å². The highest BCUT2D eigenvalue weighted by molar-refractivity contribution is 5.76. The number of likely N-dealkylation sites (tertiary alicyclic amines) is 1. The SMILES string of the molecule is O=C(CCc1n[nH]c2c1CCCC2)NCCN1CC[C@H](c2ccccc2)C1. The van der Waals surface area contributed by atoms with Gasteiger partial charge in [0.2, 0.25) is 5.91 Å². The molecule has 0 unspecified atom stereocenters. The summed E-state index contributed by atoms with van der Waals surface area (Å²) in [5.41, 5.74) is 5.20. The van der Waals surface area contributed by atoms with E-state index in [2.05, 4.69) is 50.7 Å². The molecular weight excluding hydrogens is 336 g/mol. The lowest BCUT2D eigenvalue weighted by Gasteiger charge is -2.16. The molecule has 1 atom stereocenters. The van der Waals surface area contributed by atoms with Crippen molar-refractivity contribution >= 4 is 5.91 Å². The van der Waals surface area contributed by atoms with Crippen molar-refractivity contribution in [2.45, 2.75) is 50.9 Å². The molecule has 5 nitrogen and oxygen atoms in total. The maximum Gasteiger partial charge on any atom is 0.220 e. The number of hydrogen-bond acceptors (Lipinski definition) is 3. The van der Waals surface area contributed by atoms with Crippen molar-refractivity contribution in [3.05, 3.63) is 52.8 Å². The normalized spacial score (nSPS) is 19.8. The largest absolute Gasteiger partial charge is 0.355 e. The molecule has 1 aliphatic heterocycles. The number of benzene rings is 1. The summed E-state index contributed by atoms with van der Waals surface area (Å²) in [6.45, 7) is 3.89. The van der Waals surface area contributed by atoms with Gasteiger partial charge in [-0.1, -0.05) is 30.3 Å². The molecule has 2 N–H and O–H groups in total. The summed E-state index contributed by atoms with van der Waals surface area (Å²) in [7, 11) is 0. The van der Waals surface area contributed by atoms with Gasteiger partial charge in [0, 0.05) is 38.2 Å². The Morgan fingerprint density at radius 3 is 2.96 bits per heavy atom. The van der Waals surface area contributed by atoms with Crippen LogP contribution >= 0.6 is 0 Å². The minimum atomic E-state index is 0.140. The van der Waals surface area contributed by atoms with Gasteiger partial charge in [-0.2, -0.15) is 5.10 Å². The maximum atomic E-state index is 12.2. The van der Waals surface area contributed by atoms with E-state index < -0.39 is 0 Å². The summed E-state index contributed by atoms with van der Waals surface area (Å²) < 4.78 is 0. The predicted octanol–water partition coefficient (Wildman–Crippen LogP) is 2.83. The van der Waals surface area contributed by atoms with Gasteiger partial charge in [0.05, 0.1) is 5.69 Å². The van der Waals surface area contributed by atoms with Gasteiger partial charge in [-0.25, -0.2) is 0 Å². The Hall–Kier alpha value is -2.14. The fourth-order valence-electron chi connectivity index (χ4n) is 4.46. The molecule has 0 spiro atoms. The molecule has 2 heterocycles. The molecule has 27 heavy (non-hydrogen) atoms. The van der Waals surface area contributed by atoms with E-state index in [4.69, 9.17) is 0 Å². The highest BCUT2D eigenvalue weighted by atomic mass is 16.1. The molecule has 1 aromatic heterocycles. The average Bonchev–Trinajstić information content (AvgIpc) is 3.34. The molecule has 1 amide bonds. The smallest absolute Gasteiger partial charge is 0.220 e. The topological polar surface area (TPSA) is 61.0 Å². The third kappa shape index (κ3) is 4.59. The molecule has 5 heteroatoms. The Labute approximate surface area is 161 Å². The number of aromatic amines is 1. The van der Waals surface area contributed by atoms with Crippen molar-refractivity contribution in [3.63, 3.8) is 0 Å². The van der Waals surface area contributed by atoms with Crippen molar-refractivity contribution in [2.75, 3.05) is 26.2 Å². The van der Waals surface area contributed by atoms with Crippen LogP contribution in [0.3, 0.4) is 0 Å². The van der Waals surface area contributed by atoms with Gasteiger partial charge in [0.15, 0.2) is 0 Å². The Bertz CT molecular complexity index is 755. The van der Waals surface area contributed by atoms with Crippen molar-refractivity contribution in [2.24, 2.45) is 0 Å². The number of nitrogens with one attached hydrogen (secondary N) is 2. The second kappa shape index (κ2) is 8.70. The second-order valence-electron chi connectivity index (χ2n) is 7.88.